The molecule has 1 heterocycles. The molecular formula is C12H24O2Si. The summed E-state index contributed by atoms with van der Waals surface area (Å²) in [5.41, 5.74) is 0. The molecule has 0 radical (unpaired) electrons. The van der Waals surface area contributed by atoms with Crippen LogP contribution in [0.5, 0.6) is 0 Å². The lowest BCUT2D eigenvalue weighted by atomic mass is 10.2. The van der Waals surface area contributed by atoms with Gasteiger partial charge < -0.3 is 9.16 Å². The number of allylic oxidation sites excluding steroid dienone is 1. The Hall–Kier alpha value is -0.123. The number of rotatable bonds is 4. The lowest BCUT2D eigenvalue weighted by molar-refractivity contribution is 0.242. The van der Waals surface area contributed by atoms with Gasteiger partial charge in [0.25, 0.3) is 0 Å². The fourth-order valence-corrected chi connectivity index (χ4v) is 2.17. The van der Waals surface area contributed by atoms with Crippen molar-refractivity contribution in [2.24, 2.45) is 0 Å². The van der Waals surface area contributed by atoms with Crippen LogP contribution in [0, 0.1) is 0 Å². The molecule has 15 heavy (non-hydrogen) atoms. The van der Waals surface area contributed by atoms with Gasteiger partial charge in [-0.15, -0.1) is 0 Å². The molecule has 0 aromatic rings. The third-order valence-corrected chi connectivity index (χ3v) is 7.92. The third-order valence-electron chi connectivity index (χ3n) is 3.42. The van der Waals surface area contributed by atoms with Crippen molar-refractivity contribution in [1.29, 1.82) is 0 Å². The first-order valence-corrected chi connectivity index (χ1v) is 8.61. The Morgan fingerprint density at radius 3 is 2.40 bits per heavy atom. The first kappa shape index (κ1) is 12.9. The second-order valence-corrected chi connectivity index (χ2v) is 10.5. The Balaban J connectivity index is 2.33. The van der Waals surface area contributed by atoms with Crippen LogP contribution in [0.15, 0.2) is 12.2 Å². The first-order chi connectivity index (χ1) is 6.78. The zero-order chi connectivity index (χ0) is 11.7. The van der Waals surface area contributed by atoms with Crippen LogP contribution in [0.3, 0.4) is 0 Å². The third kappa shape index (κ3) is 3.43. The van der Waals surface area contributed by atoms with Crippen molar-refractivity contribution in [1.82, 2.24) is 0 Å². The minimum Gasteiger partial charge on any atom is -0.414 e. The van der Waals surface area contributed by atoms with Gasteiger partial charge in [-0.2, -0.15) is 0 Å². The van der Waals surface area contributed by atoms with E-state index in [2.05, 4.69) is 39.9 Å². The molecule has 0 aromatic carbocycles. The van der Waals surface area contributed by atoms with Gasteiger partial charge in [-0.05, 0) is 25.1 Å². The zero-order valence-electron chi connectivity index (χ0n) is 10.8. The van der Waals surface area contributed by atoms with Crippen molar-refractivity contribution in [2.45, 2.75) is 58.0 Å². The van der Waals surface area contributed by atoms with E-state index in [-0.39, 0.29) is 5.04 Å². The molecule has 2 nitrogen and oxygen atoms in total. The molecule has 0 spiro atoms. The predicted octanol–water partition coefficient (Wildman–Crippen LogP) is 3.35. The largest absolute Gasteiger partial charge is 0.414 e. The van der Waals surface area contributed by atoms with Gasteiger partial charge in [0.2, 0.25) is 0 Å². The maximum Gasteiger partial charge on any atom is 0.192 e. The van der Waals surface area contributed by atoms with E-state index in [1.165, 1.54) is 0 Å². The van der Waals surface area contributed by atoms with Gasteiger partial charge in [-0.25, -0.2) is 0 Å². The zero-order valence-corrected chi connectivity index (χ0v) is 11.8. The normalized spacial score (nSPS) is 27.3. The molecule has 1 aliphatic rings. The topological polar surface area (TPSA) is 21.8 Å². The highest BCUT2D eigenvalue weighted by Crippen LogP contribution is 2.37. The molecule has 1 fully saturated rings. The predicted molar refractivity (Wildman–Crippen MR) is 66.6 cm³/mol. The molecule has 0 aliphatic carbocycles. The molecule has 2 atom stereocenters. The van der Waals surface area contributed by atoms with E-state index in [0.717, 1.165) is 6.61 Å². The number of hydrogen-bond donors (Lipinski definition) is 0. The van der Waals surface area contributed by atoms with Crippen molar-refractivity contribution < 1.29 is 9.16 Å². The van der Waals surface area contributed by atoms with Gasteiger partial charge in [-0.1, -0.05) is 32.9 Å². The standard InChI is InChI=1S/C12H24O2Si/c1-7-8-10-11(14-10)9-13-15(5,6)12(2,3)4/h7-8,10-11H,9H2,1-6H3/b8-7+/t10-,11-/m1/s1. The smallest absolute Gasteiger partial charge is 0.192 e. The van der Waals surface area contributed by atoms with Crippen molar-refractivity contribution in [3.8, 4) is 0 Å². The quantitative estimate of drug-likeness (QED) is 0.418. The van der Waals surface area contributed by atoms with E-state index < -0.39 is 8.32 Å². The summed E-state index contributed by atoms with van der Waals surface area (Å²) >= 11 is 0. The van der Waals surface area contributed by atoms with Crippen molar-refractivity contribution in [2.75, 3.05) is 6.61 Å². The second-order valence-electron chi connectivity index (χ2n) is 5.74. The average Bonchev–Trinajstić information content (AvgIpc) is 2.79. The average molecular weight is 228 g/mol. The number of epoxide rings is 1. The van der Waals surface area contributed by atoms with E-state index in [1.807, 2.05) is 13.0 Å². The summed E-state index contributed by atoms with van der Waals surface area (Å²) < 4.78 is 11.6. The fourth-order valence-electron chi connectivity index (χ4n) is 1.16. The second kappa shape index (κ2) is 4.40. The highest BCUT2D eigenvalue weighted by atomic mass is 28.4. The molecule has 0 aromatic heterocycles. The molecule has 0 bridgehead atoms. The molecule has 0 N–H and O–H groups in total. The summed E-state index contributed by atoms with van der Waals surface area (Å²) in [4.78, 5) is 0. The van der Waals surface area contributed by atoms with Crippen LogP contribution >= 0.6 is 0 Å². The van der Waals surface area contributed by atoms with Crippen LogP contribution in [-0.2, 0) is 9.16 Å². The van der Waals surface area contributed by atoms with Crippen LogP contribution in [0.25, 0.3) is 0 Å². The Kier molecular flexibility index (Phi) is 3.79. The summed E-state index contributed by atoms with van der Waals surface area (Å²) in [5.74, 6) is 0. The Labute approximate surface area is 94.8 Å². The van der Waals surface area contributed by atoms with Crippen molar-refractivity contribution in [3.05, 3.63) is 12.2 Å². The van der Waals surface area contributed by atoms with E-state index in [4.69, 9.17) is 9.16 Å². The summed E-state index contributed by atoms with van der Waals surface area (Å²) in [7, 11) is -1.58. The maximum atomic E-state index is 6.07. The molecule has 1 aliphatic heterocycles. The van der Waals surface area contributed by atoms with Gasteiger partial charge in [0.15, 0.2) is 8.32 Å². The lowest BCUT2D eigenvalue weighted by Gasteiger charge is -2.35. The summed E-state index contributed by atoms with van der Waals surface area (Å²) in [6, 6.07) is 0. The molecule has 3 heteroatoms. The first-order valence-electron chi connectivity index (χ1n) is 5.70. The molecule has 1 saturated heterocycles. The van der Waals surface area contributed by atoms with Crippen LogP contribution < -0.4 is 0 Å². The number of ether oxygens (including phenoxy) is 1. The summed E-state index contributed by atoms with van der Waals surface area (Å²) in [6.07, 6.45) is 4.74. The minimum absolute atomic E-state index is 0.290. The van der Waals surface area contributed by atoms with Crippen LogP contribution in [0.4, 0.5) is 0 Å². The van der Waals surface area contributed by atoms with Gasteiger partial charge >= 0.3 is 0 Å². The summed E-state index contributed by atoms with van der Waals surface area (Å²) in [5, 5.41) is 0.290. The van der Waals surface area contributed by atoms with E-state index in [0.29, 0.717) is 12.2 Å². The highest BCUT2D eigenvalue weighted by Gasteiger charge is 2.42. The van der Waals surface area contributed by atoms with Crippen molar-refractivity contribution >= 4 is 8.32 Å². The van der Waals surface area contributed by atoms with Gasteiger partial charge in [0.1, 0.15) is 12.2 Å². The van der Waals surface area contributed by atoms with Crippen LogP contribution in [0.2, 0.25) is 18.1 Å². The van der Waals surface area contributed by atoms with Gasteiger partial charge in [-0.3, -0.25) is 0 Å². The monoisotopic (exact) mass is 228 g/mol. The molecule has 1 rings (SSSR count). The lowest BCUT2D eigenvalue weighted by Crippen LogP contribution is -2.41. The molecular weight excluding hydrogens is 204 g/mol. The SMILES string of the molecule is C/C=C/[C@H]1O[C@@H]1CO[Si](C)(C)C(C)(C)C. The van der Waals surface area contributed by atoms with E-state index in [9.17, 15) is 0 Å². The van der Waals surface area contributed by atoms with E-state index >= 15 is 0 Å². The van der Waals surface area contributed by atoms with Crippen LogP contribution in [-0.4, -0.2) is 27.1 Å². The Morgan fingerprint density at radius 1 is 1.33 bits per heavy atom. The number of hydrogen-bond acceptors (Lipinski definition) is 2. The van der Waals surface area contributed by atoms with Gasteiger partial charge in [0, 0.05) is 0 Å². The fraction of sp³-hybridized carbons (Fsp3) is 0.833. The minimum atomic E-state index is -1.58. The van der Waals surface area contributed by atoms with E-state index in [1.54, 1.807) is 0 Å². The molecule has 88 valence electrons. The van der Waals surface area contributed by atoms with Crippen molar-refractivity contribution in [3.63, 3.8) is 0 Å². The van der Waals surface area contributed by atoms with Crippen LogP contribution in [0.1, 0.15) is 27.7 Å². The molecule has 0 unspecified atom stereocenters. The molecule has 0 saturated carbocycles. The Bertz CT molecular complexity index is 240. The Morgan fingerprint density at radius 2 is 1.93 bits per heavy atom. The highest BCUT2D eigenvalue weighted by molar-refractivity contribution is 6.74. The molecule has 0 amide bonds. The maximum absolute atomic E-state index is 6.07. The van der Waals surface area contributed by atoms with Gasteiger partial charge in [0.05, 0.1) is 6.61 Å². The summed E-state index contributed by atoms with van der Waals surface area (Å²) in [6.45, 7) is 14.1.